The third-order valence-electron chi connectivity index (χ3n) is 3.77. The van der Waals surface area contributed by atoms with E-state index in [-0.39, 0.29) is 11.9 Å². The van der Waals surface area contributed by atoms with Crippen molar-refractivity contribution in [3.8, 4) is 0 Å². The molecule has 0 saturated carbocycles. The number of ketones is 1. The number of pyridine rings is 1. The summed E-state index contributed by atoms with van der Waals surface area (Å²) in [6.07, 6.45) is 3.80. The third kappa shape index (κ3) is 4.63. The number of anilines is 1. The van der Waals surface area contributed by atoms with Crippen molar-refractivity contribution in [2.45, 2.75) is 32.1 Å². The summed E-state index contributed by atoms with van der Waals surface area (Å²) in [6.45, 7) is 0.964. The molecule has 2 rings (SSSR count). The van der Waals surface area contributed by atoms with Crippen LogP contribution in [0, 0.1) is 0 Å². The Morgan fingerprint density at radius 2 is 2.14 bits per heavy atom. The molecule has 0 spiro atoms. The SMILES string of the molecule is COP(=O)(CC(=O)CCCc1ccc2c(n1)NCCC2)OC. The highest BCUT2D eigenvalue weighted by atomic mass is 31.2. The summed E-state index contributed by atoms with van der Waals surface area (Å²) in [5, 5.41) is 3.30. The topological polar surface area (TPSA) is 77.5 Å². The second-order valence-corrected chi connectivity index (χ2v) is 7.64. The van der Waals surface area contributed by atoms with E-state index in [2.05, 4.69) is 16.4 Å². The Balaban J connectivity index is 1.81. The van der Waals surface area contributed by atoms with Crippen molar-refractivity contribution in [1.82, 2.24) is 4.98 Å². The molecule has 1 aromatic heterocycles. The minimum Gasteiger partial charge on any atom is -0.370 e. The van der Waals surface area contributed by atoms with E-state index in [1.165, 1.54) is 19.8 Å². The predicted octanol–water partition coefficient (Wildman–Crippen LogP) is 2.82. The van der Waals surface area contributed by atoms with Gasteiger partial charge in [0.2, 0.25) is 0 Å². The Bertz CT molecular complexity index is 569. The summed E-state index contributed by atoms with van der Waals surface area (Å²) < 4.78 is 21.4. The van der Waals surface area contributed by atoms with Crippen molar-refractivity contribution >= 4 is 19.2 Å². The van der Waals surface area contributed by atoms with Crippen molar-refractivity contribution in [1.29, 1.82) is 0 Å². The fourth-order valence-corrected chi connectivity index (χ4v) is 3.47. The van der Waals surface area contributed by atoms with Gasteiger partial charge in [0.05, 0.1) is 0 Å². The number of fused-ring (bicyclic) bond motifs is 1. The van der Waals surface area contributed by atoms with Crippen LogP contribution in [0.2, 0.25) is 0 Å². The van der Waals surface area contributed by atoms with Crippen LogP contribution in [0.3, 0.4) is 0 Å². The van der Waals surface area contributed by atoms with Gasteiger partial charge < -0.3 is 14.4 Å². The molecule has 7 heteroatoms. The summed E-state index contributed by atoms with van der Waals surface area (Å²) in [6, 6.07) is 4.13. The summed E-state index contributed by atoms with van der Waals surface area (Å²) in [5.41, 5.74) is 2.23. The molecule has 0 unspecified atom stereocenters. The van der Waals surface area contributed by atoms with E-state index in [1.54, 1.807) is 0 Å². The zero-order valence-electron chi connectivity index (χ0n) is 13.1. The normalized spacial score (nSPS) is 14.3. The van der Waals surface area contributed by atoms with Crippen LogP contribution in [0.1, 0.15) is 30.5 Å². The highest BCUT2D eigenvalue weighted by molar-refractivity contribution is 7.54. The summed E-state index contributed by atoms with van der Waals surface area (Å²) >= 11 is 0. The van der Waals surface area contributed by atoms with Gasteiger partial charge in [-0.15, -0.1) is 0 Å². The first-order chi connectivity index (χ1) is 10.6. The highest BCUT2D eigenvalue weighted by Gasteiger charge is 2.24. The van der Waals surface area contributed by atoms with Crippen LogP contribution in [-0.2, 0) is 31.2 Å². The molecule has 2 heterocycles. The van der Waals surface area contributed by atoms with Gasteiger partial charge in [0.1, 0.15) is 17.8 Å². The lowest BCUT2D eigenvalue weighted by Gasteiger charge is -2.17. The Kier molecular flexibility index (Phi) is 6.12. The van der Waals surface area contributed by atoms with E-state index in [0.717, 1.165) is 37.3 Å². The molecule has 1 aromatic rings. The zero-order valence-corrected chi connectivity index (χ0v) is 14.0. The molecule has 0 aromatic carbocycles. The smallest absolute Gasteiger partial charge is 0.337 e. The molecule has 0 saturated heterocycles. The fraction of sp³-hybridized carbons (Fsp3) is 0.600. The number of carbonyl (C=O) groups excluding carboxylic acids is 1. The largest absolute Gasteiger partial charge is 0.370 e. The predicted molar refractivity (Wildman–Crippen MR) is 85.5 cm³/mol. The Labute approximate surface area is 131 Å². The molecular formula is C15H23N2O4P. The number of nitrogens with one attached hydrogen (secondary N) is 1. The molecule has 22 heavy (non-hydrogen) atoms. The molecule has 0 radical (unpaired) electrons. The van der Waals surface area contributed by atoms with E-state index in [0.29, 0.717) is 12.8 Å². The highest BCUT2D eigenvalue weighted by Crippen LogP contribution is 2.46. The van der Waals surface area contributed by atoms with Gasteiger partial charge in [-0.1, -0.05) is 6.07 Å². The molecule has 1 N–H and O–H groups in total. The molecule has 1 aliphatic rings. The molecule has 0 amide bonds. The minimum absolute atomic E-state index is 0.108. The number of hydrogen-bond donors (Lipinski definition) is 1. The van der Waals surface area contributed by atoms with Crippen molar-refractivity contribution in [3.63, 3.8) is 0 Å². The molecule has 0 atom stereocenters. The summed E-state index contributed by atoms with van der Waals surface area (Å²) in [7, 11) is -0.654. The molecule has 122 valence electrons. The number of hydrogen-bond acceptors (Lipinski definition) is 6. The van der Waals surface area contributed by atoms with Crippen LogP contribution in [-0.4, -0.2) is 37.7 Å². The molecule has 1 aliphatic heterocycles. The van der Waals surface area contributed by atoms with E-state index < -0.39 is 7.60 Å². The third-order valence-corrected chi connectivity index (χ3v) is 5.62. The van der Waals surface area contributed by atoms with Crippen LogP contribution < -0.4 is 5.32 Å². The van der Waals surface area contributed by atoms with Gasteiger partial charge in [0.25, 0.3) is 0 Å². The van der Waals surface area contributed by atoms with Crippen LogP contribution in [0.25, 0.3) is 0 Å². The average Bonchev–Trinajstić information content (AvgIpc) is 2.54. The summed E-state index contributed by atoms with van der Waals surface area (Å²) in [4.78, 5) is 16.4. The molecule has 0 bridgehead atoms. The van der Waals surface area contributed by atoms with Crippen LogP contribution in [0.5, 0.6) is 0 Å². The molecule has 0 fully saturated rings. The molecule has 6 nitrogen and oxygen atoms in total. The quantitative estimate of drug-likeness (QED) is 0.740. The van der Waals surface area contributed by atoms with Crippen LogP contribution in [0.4, 0.5) is 5.82 Å². The second-order valence-electron chi connectivity index (χ2n) is 5.37. The number of rotatable bonds is 8. The fourth-order valence-electron chi connectivity index (χ4n) is 2.47. The monoisotopic (exact) mass is 326 g/mol. The van der Waals surface area contributed by atoms with Gasteiger partial charge in [-0.2, -0.15) is 0 Å². The lowest BCUT2D eigenvalue weighted by molar-refractivity contribution is -0.117. The lowest BCUT2D eigenvalue weighted by atomic mass is 10.1. The maximum Gasteiger partial charge on any atom is 0.337 e. The minimum atomic E-state index is -3.24. The van der Waals surface area contributed by atoms with Crippen molar-refractivity contribution in [2.75, 3.05) is 32.2 Å². The van der Waals surface area contributed by atoms with Gasteiger partial charge >= 0.3 is 7.60 Å². The number of nitrogens with zero attached hydrogens (tertiary/aromatic N) is 1. The maximum atomic E-state index is 11.9. The first kappa shape index (κ1) is 17.1. The van der Waals surface area contributed by atoms with Crippen molar-refractivity contribution in [2.24, 2.45) is 0 Å². The molecule has 0 aliphatic carbocycles. The van der Waals surface area contributed by atoms with Gasteiger partial charge in [0.15, 0.2) is 0 Å². The van der Waals surface area contributed by atoms with Crippen LogP contribution in [0.15, 0.2) is 12.1 Å². The van der Waals surface area contributed by atoms with Crippen molar-refractivity contribution < 1.29 is 18.4 Å². The van der Waals surface area contributed by atoms with Gasteiger partial charge in [-0.3, -0.25) is 9.36 Å². The average molecular weight is 326 g/mol. The Morgan fingerprint density at radius 1 is 1.36 bits per heavy atom. The van der Waals surface area contributed by atoms with E-state index in [1.807, 2.05) is 6.07 Å². The standard InChI is InChI=1S/C15H23N2O4P/c1-20-22(19,21-2)11-14(18)7-3-6-13-9-8-12-5-4-10-16-15(12)17-13/h8-9H,3-7,10-11H2,1-2H3,(H,16,17). The van der Waals surface area contributed by atoms with Gasteiger partial charge in [-0.05, 0) is 37.3 Å². The van der Waals surface area contributed by atoms with Crippen LogP contribution >= 0.6 is 7.60 Å². The summed E-state index contributed by atoms with van der Waals surface area (Å²) in [5.74, 6) is 0.862. The lowest BCUT2D eigenvalue weighted by Crippen LogP contribution is -2.14. The first-order valence-corrected chi connectivity index (χ1v) is 9.24. The number of aromatic nitrogens is 1. The van der Waals surface area contributed by atoms with E-state index in [9.17, 15) is 9.36 Å². The number of carbonyl (C=O) groups is 1. The molecular weight excluding hydrogens is 303 g/mol. The Morgan fingerprint density at radius 3 is 2.86 bits per heavy atom. The number of aryl methyl sites for hydroxylation is 2. The van der Waals surface area contributed by atoms with Gasteiger partial charge in [0, 0.05) is 32.9 Å². The maximum absolute atomic E-state index is 11.9. The van der Waals surface area contributed by atoms with Crippen molar-refractivity contribution in [3.05, 3.63) is 23.4 Å². The zero-order chi connectivity index (χ0) is 16.0. The van der Waals surface area contributed by atoms with Gasteiger partial charge in [-0.25, -0.2) is 4.98 Å². The Hall–Kier alpha value is -1.23. The van der Waals surface area contributed by atoms with E-state index in [4.69, 9.17) is 9.05 Å². The van der Waals surface area contributed by atoms with E-state index >= 15 is 0 Å². The first-order valence-electron chi connectivity index (χ1n) is 7.51. The second kappa shape index (κ2) is 7.86. The number of Topliss-reactive ketones (excluding diaryl/α,β-unsaturated/α-hetero) is 1.